The first kappa shape index (κ1) is 14.8. The first-order valence-corrected chi connectivity index (χ1v) is 4.89. The van der Waals surface area contributed by atoms with Crippen LogP contribution in [-0.2, 0) is 13.9 Å². The summed E-state index contributed by atoms with van der Waals surface area (Å²) in [6, 6.07) is 0. The molecule has 7 heteroatoms. The van der Waals surface area contributed by atoms with E-state index in [9.17, 15) is 9.36 Å². The Kier molecular flexibility index (Phi) is 7.75. The molecule has 13 heavy (non-hydrogen) atoms. The van der Waals surface area contributed by atoms with Crippen molar-refractivity contribution in [2.45, 2.75) is 13.8 Å². The number of hydrogen-bond donors (Lipinski definition) is 3. The smallest absolute Gasteiger partial charge is 0.366 e. The highest BCUT2D eigenvalue weighted by molar-refractivity contribution is 7.46. The van der Waals surface area contributed by atoms with Crippen LogP contribution in [0.25, 0.3) is 0 Å². The third kappa shape index (κ3) is 18.4. The molecule has 0 bridgehead atoms. The predicted octanol–water partition coefficient (Wildman–Crippen LogP) is 0.163. The number of amides is 1. The van der Waals surface area contributed by atoms with E-state index >= 15 is 0 Å². The molecule has 1 amide bonds. The molecule has 0 radical (unpaired) electrons. The third-order valence-electron chi connectivity index (χ3n) is 0.718. The summed E-state index contributed by atoms with van der Waals surface area (Å²) in [4.78, 5) is 25.6. The third-order valence-corrected chi connectivity index (χ3v) is 1.31. The van der Waals surface area contributed by atoms with Crippen LogP contribution in [0.4, 0.5) is 0 Å². The van der Waals surface area contributed by atoms with E-state index in [0.29, 0.717) is 5.57 Å². The molecule has 0 atom stereocenters. The van der Waals surface area contributed by atoms with Gasteiger partial charge in [-0.1, -0.05) is 6.58 Å². The summed E-state index contributed by atoms with van der Waals surface area (Å²) in [6.07, 6.45) is 0. The van der Waals surface area contributed by atoms with E-state index in [1.54, 1.807) is 6.92 Å². The predicted molar refractivity (Wildman–Crippen MR) is 47.7 cm³/mol. The zero-order valence-corrected chi connectivity index (χ0v) is 8.45. The lowest BCUT2D eigenvalue weighted by molar-refractivity contribution is -0.114. The Labute approximate surface area is 76.6 Å². The van der Waals surface area contributed by atoms with Gasteiger partial charge in [-0.2, -0.15) is 0 Å². The van der Waals surface area contributed by atoms with Gasteiger partial charge < -0.3 is 15.5 Å². The largest absolute Gasteiger partial charge is 0.469 e. The molecule has 6 nitrogen and oxygen atoms in total. The van der Waals surface area contributed by atoms with E-state index in [-0.39, 0.29) is 6.61 Å². The first-order valence-electron chi connectivity index (χ1n) is 3.36. The fourth-order valence-electron chi connectivity index (χ4n) is 0.168. The van der Waals surface area contributed by atoms with Gasteiger partial charge in [0.15, 0.2) is 0 Å². The number of hydrogen-bond acceptors (Lipinski definition) is 3. The van der Waals surface area contributed by atoms with Crippen LogP contribution in [0, 0.1) is 0 Å². The second-order valence-electron chi connectivity index (χ2n) is 2.05. The Balaban J connectivity index is 0. The van der Waals surface area contributed by atoms with E-state index in [0.717, 1.165) is 0 Å². The van der Waals surface area contributed by atoms with Gasteiger partial charge in [0.1, 0.15) is 0 Å². The molecule has 78 valence electrons. The fraction of sp³-hybridized carbons (Fsp3) is 0.500. The van der Waals surface area contributed by atoms with Crippen molar-refractivity contribution in [1.82, 2.24) is 0 Å². The van der Waals surface area contributed by atoms with Crippen LogP contribution in [0.5, 0.6) is 0 Å². The topological polar surface area (TPSA) is 110 Å². The lowest BCUT2D eigenvalue weighted by Gasteiger charge is -1.98. The molecule has 0 spiro atoms. The highest BCUT2D eigenvalue weighted by Crippen LogP contribution is 2.34. The Bertz CT molecular complexity index is 209. The second kappa shape index (κ2) is 6.80. The summed E-state index contributed by atoms with van der Waals surface area (Å²) in [5, 5.41) is 0. The van der Waals surface area contributed by atoms with Crippen molar-refractivity contribution in [2.75, 3.05) is 6.61 Å². The minimum absolute atomic E-state index is 0.0459. The standard InChI is InChI=1S/C4H7NO.C2H7O4P/c1-3(2)4(5)6;1-2-6-7(3,4)5/h1H2,2H3,(H2,5,6);2H2,1H3,(H2,3,4,5). The first-order chi connectivity index (χ1) is 5.70. The Morgan fingerprint density at radius 2 is 1.92 bits per heavy atom. The van der Waals surface area contributed by atoms with Crippen molar-refractivity contribution >= 4 is 13.7 Å². The molecule has 0 aromatic rings. The van der Waals surface area contributed by atoms with Crippen molar-refractivity contribution in [2.24, 2.45) is 5.73 Å². The van der Waals surface area contributed by atoms with Gasteiger partial charge in [-0.15, -0.1) is 0 Å². The highest BCUT2D eigenvalue weighted by Gasteiger charge is 2.10. The van der Waals surface area contributed by atoms with Crippen LogP contribution in [-0.4, -0.2) is 22.3 Å². The molecule has 0 rings (SSSR count). The molecule has 0 aliphatic heterocycles. The van der Waals surface area contributed by atoms with Crippen LogP contribution in [0.2, 0.25) is 0 Å². The van der Waals surface area contributed by atoms with Gasteiger partial charge in [-0.25, -0.2) is 4.57 Å². The molecule has 0 aromatic heterocycles. The van der Waals surface area contributed by atoms with E-state index in [2.05, 4.69) is 11.1 Å². The zero-order valence-electron chi connectivity index (χ0n) is 7.56. The van der Waals surface area contributed by atoms with Crippen molar-refractivity contribution in [3.05, 3.63) is 12.2 Å². The molecule has 0 unspecified atom stereocenters. The highest BCUT2D eigenvalue weighted by atomic mass is 31.2. The Morgan fingerprint density at radius 3 is 1.92 bits per heavy atom. The van der Waals surface area contributed by atoms with Gasteiger partial charge in [0, 0.05) is 5.57 Å². The number of phosphoric ester groups is 1. The SMILES string of the molecule is C=C(C)C(N)=O.CCOP(=O)(O)O. The number of rotatable bonds is 3. The fourth-order valence-corrected chi connectivity index (χ4v) is 0.505. The van der Waals surface area contributed by atoms with Gasteiger partial charge in [0.2, 0.25) is 5.91 Å². The Hall–Kier alpha value is -0.680. The van der Waals surface area contributed by atoms with Crippen molar-refractivity contribution in [1.29, 1.82) is 0 Å². The van der Waals surface area contributed by atoms with E-state index in [1.165, 1.54) is 6.92 Å². The van der Waals surface area contributed by atoms with Gasteiger partial charge in [-0.05, 0) is 13.8 Å². The maximum Gasteiger partial charge on any atom is 0.469 e. The maximum atomic E-state index is 9.82. The lowest BCUT2D eigenvalue weighted by Crippen LogP contribution is -2.10. The molecule has 0 fully saturated rings. The van der Waals surface area contributed by atoms with Gasteiger partial charge >= 0.3 is 7.82 Å². The molecule has 0 aromatic carbocycles. The molecule has 4 N–H and O–H groups in total. The minimum Gasteiger partial charge on any atom is -0.366 e. The average Bonchev–Trinajstić information content (AvgIpc) is 1.85. The normalized spacial score (nSPS) is 9.85. The van der Waals surface area contributed by atoms with Crippen molar-refractivity contribution in [3.63, 3.8) is 0 Å². The summed E-state index contributed by atoms with van der Waals surface area (Å²) in [5.41, 5.74) is 5.09. The maximum absolute atomic E-state index is 9.82. The number of carbonyl (C=O) groups is 1. The van der Waals surface area contributed by atoms with Crippen LogP contribution in [0.15, 0.2) is 12.2 Å². The van der Waals surface area contributed by atoms with Crippen LogP contribution in [0.3, 0.4) is 0 Å². The second-order valence-corrected chi connectivity index (χ2v) is 3.29. The number of phosphoric acid groups is 1. The van der Waals surface area contributed by atoms with Gasteiger partial charge in [0.05, 0.1) is 6.61 Å². The zero-order chi connectivity index (χ0) is 11.1. The van der Waals surface area contributed by atoms with Crippen LogP contribution in [0.1, 0.15) is 13.8 Å². The summed E-state index contributed by atoms with van der Waals surface area (Å²) in [6.45, 7) is 6.41. The quantitative estimate of drug-likeness (QED) is 0.455. The van der Waals surface area contributed by atoms with Gasteiger partial charge in [-0.3, -0.25) is 9.32 Å². The minimum atomic E-state index is -4.17. The summed E-state index contributed by atoms with van der Waals surface area (Å²) in [7, 11) is -4.17. The molecular formula is C6H14NO5P. The molecule has 0 saturated carbocycles. The van der Waals surface area contributed by atoms with Crippen molar-refractivity contribution in [3.8, 4) is 0 Å². The average molecular weight is 211 g/mol. The molecule has 0 saturated heterocycles. The lowest BCUT2D eigenvalue weighted by atomic mass is 10.3. The number of nitrogens with two attached hydrogens (primary N) is 1. The summed E-state index contributed by atoms with van der Waals surface area (Å²) in [5.74, 6) is -0.435. The molecular weight excluding hydrogens is 197 g/mol. The monoisotopic (exact) mass is 211 g/mol. The number of primary amides is 1. The molecule has 0 aliphatic carbocycles. The summed E-state index contributed by atoms with van der Waals surface area (Å²) < 4.78 is 13.6. The Morgan fingerprint density at radius 1 is 1.62 bits per heavy atom. The molecule has 0 heterocycles. The van der Waals surface area contributed by atoms with Crippen LogP contribution < -0.4 is 5.73 Å². The van der Waals surface area contributed by atoms with Gasteiger partial charge in [0.25, 0.3) is 0 Å². The van der Waals surface area contributed by atoms with Crippen molar-refractivity contribution < 1.29 is 23.7 Å². The molecule has 0 aliphatic rings. The number of carbonyl (C=O) groups excluding carboxylic acids is 1. The van der Waals surface area contributed by atoms with E-state index in [4.69, 9.17) is 15.5 Å². The summed E-state index contributed by atoms with van der Waals surface area (Å²) >= 11 is 0. The van der Waals surface area contributed by atoms with Crippen LogP contribution >= 0.6 is 7.82 Å². The van der Waals surface area contributed by atoms with E-state index in [1.807, 2.05) is 0 Å². The van der Waals surface area contributed by atoms with E-state index < -0.39 is 13.7 Å².